The van der Waals surface area contributed by atoms with Gasteiger partial charge in [-0.1, -0.05) is 24.3 Å². The number of aliphatic hydroxyl groups is 2. The Labute approximate surface area is 102 Å². The predicted molar refractivity (Wildman–Crippen MR) is 65.4 cm³/mol. The Morgan fingerprint density at radius 2 is 1.59 bits per heavy atom. The summed E-state index contributed by atoms with van der Waals surface area (Å²) in [6.45, 7) is 0.703. The van der Waals surface area contributed by atoms with E-state index in [4.69, 9.17) is 9.84 Å². The van der Waals surface area contributed by atoms with Gasteiger partial charge in [0.2, 0.25) is 0 Å². The summed E-state index contributed by atoms with van der Waals surface area (Å²) in [6.07, 6.45) is 3.78. The van der Waals surface area contributed by atoms with E-state index < -0.39 is 0 Å². The smallest absolute Gasteiger partial charge is 0.0720 e. The van der Waals surface area contributed by atoms with Crippen LogP contribution in [0.2, 0.25) is 0 Å². The Morgan fingerprint density at radius 1 is 1.00 bits per heavy atom. The Morgan fingerprint density at radius 3 is 2.18 bits per heavy atom. The molecule has 0 bridgehead atoms. The second-order valence-corrected chi connectivity index (χ2v) is 4.72. The molecule has 17 heavy (non-hydrogen) atoms. The van der Waals surface area contributed by atoms with E-state index in [1.165, 1.54) is 0 Å². The maximum atomic E-state index is 9.39. The van der Waals surface area contributed by atoms with E-state index in [1.807, 2.05) is 24.3 Å². The van der Waals surface area contributed by atoms with E-state index in [-0.39, 0.29) is 18.8 Å². The summed E-state index contributed by atoms with van der Waals surface area (Å²) in [6, 6.07) is 7.82. The van der Waals surface area contributed by atoms with E-state index in [9.17, 15) is 5.11 Å². The summed E-state index contributed by atoms with van der Waals surface area (Å²) < 4.78 is 5.82. The van der Waals surface area contributed by atoms with Gasteiger partial charge < -0.3 is 14.9 Å². The first-order chi connectivity index (χ1) is 8.28. The second kappa shape index (κ2) is 6.15. The highest BCUT2D eigenvalue weighted by Crippen LogP contribution is 2.22. The van der Waals surface area contributed by atoms with Crippen molar-refractivity contribution in [1.82, 2.24) is 0 Å². The van der Waals surface area contributed by atoms with Gasteiger partial charge in [0.05, 0.1) is 25.4 Å². The molecule has 1 fully saturated rings. The SMILES string of the molecule is OCc1ccc(COC2CCC(O)CC2)cc1. The molecule has 2 N–H and O–H groups in total. The van der Waals surface area contributed by atoms with E-state index in [2.05, 4.69) is 0 Å². The average molecular weight is 236 g/mol. The van der Waals surface area contributed by atoms with E-state index in [0.717, 1.165) is 36.8 Å². The summed E-state index contributed by atoms with van der Waals surface area (Å²) in [4.78, 5) is 0. The third-order valence-corrected chi connectivity index (χ3v) is 3.33. The van der Waals surface area contributed by atoms with Crippen molar-refractivity contribution in [3.05, 3.63) is 35.4 Å². The molecular weight excluding hydrogens is 216 g/mol. The van der Waals surface area contributed by atoms with Crippen LogP contribution in [0, 0.1) is 0 Å². The van der Waals surface area contributed by atoms with Crippen molar-refractivity contribution in [2.75, 3.05) is 0 Å². The summed E-state index contributed by atoms with van der Waals surface area (Å²) in [5, 5.41) is 18.3. The van der Waals surface area contributed by atoms with Gasteiger partial charge in [0, 0.05) is 0 Å². The van der Waals surface area contributed by atoms with Gasteiger partial charge in [0.1, 0.15) is 0 Å². The predicted octanol–water partition coefficient (Wildman–Crippen LogP) is 2.00. The highest BCUT2D eigenvalue weighted by molar-refractivity contribution is 5.21. The van der Waals surface area contributed by atoms with Crippen LogP contribution in [0.3, 0.4) is 0 Å². The van der Waals surface area contributed by atoms with Crippen molar-refractivity contribution < 1.29 is 14.9 Å². The van der Waals surface area contributed by atoms with Gasteiger partial charge in [-0.05, 0) is 36.8 Å². The zero-order valence-electron chi connectivity index (χ0n) is 10.0. The van der Waals surface area contributed by atoms with Crippen LogP contribution in [0.25, 0.3) is 0 Å². The van der Waals surface area contributed by atoms with Crippen molar-refractivity contribution in [2.45, 2.75) is 51.1 Å². The van der Waals surface area contributed by atoms with Crippen LogP contribution in [0.4, 0.5) is 0 Å². The lowest BCUT2D eigenvalue weighted by Gasteiger charge is -2.25. The fourth-order valence-corrected chi connectivity index (χ4v) is 2.17. The maximum absolute atomic E-state index is 9.39. The van der Waals surface area contributed by atoms with Crippen LogP contribution in [-0.4, -0.2) is 22.4 Å². The molecule has 0 spiro atoms. The Bertz CT molecular complexity index is 326. The molecule has 3 heteroatoms. The second-order valence-electron chi connectivity index (χ2n) is 4.72. The molecule has 1 aromatic carbocycles. The van der Waals surface area contributed by atoms with Crippen LogP contribution in [0.5, 0.6) is 0 Å². The molecule has 0 unspecified atom stereocenters. The number of ether oxygens (including phenoxy) is 1. The number of hydrogen-bond acceptors (Lipinski definition) is 3. The quantitative estimate of drug-likeness (QED) is 0.840. The average Bonchev–Trinajstić information content (AvgIpc) is 2.39. The van der Waals surface area contributed by atoms with Crippen LogP contribution < -0.4 is 0 Å². The van der Waals surface area contributed by atoms with Crippen molar-refractivity contribution >= 4 is 0 Å². The first kappa shape index (κ1) is 12.6. The first-order valence-electron chi connectivity index (χ1n) is 6.26. The molecule has 1 aromatic rings. The third-order valence-electron chi connectivity index (χ3n) is 3.33. The molecule has 3 nitrogen and oxygen atoms in total. The Balaban J connectivity index is 1.77. The minimum atomic E-state index is -0.126. The van der Waals surface area contributed by atoms with Crippen LogP contribution in [-0.2, 0) is 18.0 Å². The lowest BCUT2D eigenvalue weighted by molar-refractivity contribution is -0.0118. The zero-order valence-corrected chi connectivity index (χ0v) is 10.0. The van der Waals surface area contributed by atoms with Gasteiger partial charge in [-0.25, -0.2) is 0 Å². The minimum Gasteiger partial charge on any atom is -0.393 e. The highest BCUT2D eigenvalue weighted by Gasteiger charge is 2.19. The topological polar surface area (TPSA) is 49.7 Å². The van der Waals surface area contributed by atoms with Gasteiger partial charge in [-0.2, -0.15) is 0 Å². The van der Waals surface area contributed by atoms with Crippen LogP contribution >= 0.6 is 0 Å². The maximum Gasteiger partial charge on any atom is 0.0720 e. The van der Waals surface area contributed by atoms with Crippen molar-refractivity contribution in [1.29, 1.82) is 0 Å². The Hall–Kier alpha value is -0.900. The monoisotopic (exact) mass is 236 g/mol. The minimum absolute atomic E-state index is 0.0850. The molecule has 2 rings (SSSR count). The molecule has 0 aromatic heterocycles. The summed E-state index contributed by atoms with van der Waals surface area (Å²) >= 11 is 0. The van der Waals surface area contributed by atoms with Gasteiger partial charge in [-0.3, -0.25) is 0 Å². The highest BCUT2D eigenvalue weighted by atomic mass is 16.5. The van der Waals surface area contributed by atoms with Crippen molar-refractivity contribution in [2.24, 2.45) is 0 Å². The molecule has 0 radical (unpaired) electrons. The van der Waals surface area contributed by atoms with Gasteiger partial charge in [-0.15, -0.1) is 0 Å². The van der Waals surface area contributed by atoms with Gasteiger partial charge >= 0.3 is 0 Å². The van der Waals surface area contributed by atoms with Crippen LogP contribution in [0.1, 0.15) is 36.8 Å². The van der Waals surface area contributed by atoms with E-state index >= 15 is 0 Å². The molecule has 1 saturated carbocycles. The molecule has 0 heterocycles. The third kappa shape index (κ3) is 3.80. The number of hydrogen-bond donors (Lipinski definition) is 2. The Kier molecular flexibility index (Phi) is 4.54. The van der Waals surface area contributed by atoms with E-state index in [0.29, 0.717) is 6.61 Å². The molecule has 0 atom stereocenters. The molecular formula is C14H20O3. The summed E-state index contributed by atoms with van der Waals surface area (Å²) in [7, 11) is 0. The number of benzene rings is 1. The number of aliphatic hydroxyl groups excluding tert-OH is 2. The lowest BCUT2D eigenvalue weighted by atomic mass is 9.95. The lowest BCUT2D eigenvalue weighted by Crippen LogP contribution is -2.24. The zero-order chi connectivity index (χ0) is 12.1. The molecule has 0 saturated heterocycles. The van der Waals surface area contributed by atoms with Gasteiger partial charge in [0.25, 0.3) is 0 Å². The summed E-state index contributed by atoms with van der Waals surface area (Å²) in [5.74, 6) is 0. The molecule has 0 aliphatic heterocycles. The number of rotatable bonds is 4. The largest absolute Gasteiger partial charge is 0.393 e. The molecule has 94 valence electrons. The molecule has 1 aliphatic carbocycles. The van der Waals surface area contributed by atoms with Gasteiger partial charge in [0.15, 0.2) is 0 Å². The molecule has 0 amide bonds. The van der Waals surface area contributed by atoms with Crippen LogP contribution in [0.15, 0.2) is 24.3 Å². The normalized spacial score (nSPS) is 24.8. The molecule has 1 aliphatic rings. The summed E-state index contributed by atoms with van der Waals surface area (Å²) in [5.41, 5.74) is 2.06. The standard InChI is InChI=1S/C14H20O3/c15-9-11-1-3-12(4-2-11)10-17-14-7-5-13(16)6-8-14/h1-4,13-16H,5-10H2. The van der Waals surface area contributed by atoms with Crippen molar-refractivity contribution in [3.63, 3.8) is 0 Å². The van der Waals surface area contributed by atoms with E-state index in [1.54, 1.807) is 0 Å². The fraction of sp³-hybridized carbons (Fsp3) is 0.571. The fourth-order valence-electron chi connectivity index (χ4n) is 2.17. The van der Waals surface area contributed by atoms with Crippen molar-refractivity contribution in [3.8, 4) is 0 Å². The first-order valence-corrected chi connectivity index (χ1v) is 6.26.